The Morgan fingerprint density at radius 3 is 1.28 bits per heavy atom. The molecule has 0 aromatic heterocycles. The lowest BCUT2D eigenvalue weighted by Crippen LogP contribution is -2.14. The number of esters is 2. The summed E-state index contributed by atoms with van der Waals surface area (Å²) < 4.78 is 16.9. The highest BCUT2D eigenvalue weighted by Gasteiger charge is 2.10. The highest BCUT2D eigenvalue weighted by molar-refractivity contribution is 6.61. The number of carbonyl (C=O) groups excluding carboxylic acids is 4. The number of rotatable bonds is 7. The van der Waals surface area contributed by atoms with Crippen LogP contribution < -0.4 is 0 Å². The molecule has 0 N–H and O–H groups in total. The molecule has 0 atom stereocenters. The molecule has 10 heteroatoms. The van der Waals surface area contributed by atoms with E-state index in [2.05, 4.69) is 18.9 Å². The maximum Gasteiger partial charge on any atom is 0.406 e. The van der Waals surface area contributed by atoms with Crippen molar-refractivity contribution in [3.8, 4) is 0 Å². The first-order valence-corrected chi connectivity index (χ1v) is 5.13. The first kappa shape index (κ1) is 16.5. The third-order valence-electron chi connectivity index (χ3n) is 1.32. The molecule has 0 fully saturated rings. The van der Waals surface area contributed by atoms with Gasteiger partial charge in [-0.2, -0.15) is 0 Å². The summed E-state index contributed by atoms with van der Waals surface area (Å²) in [6, 6.07) is 0. The molecule has 0 spiro atoms. The monoisotopic (exact) mass is 302 g/mol. The summed E-state index contributed by atoms with van der Waals surface area (Å²) in [5.41, 5.74) is -2.24. The second-order valence-electron chi connectivity index (χ2n) is 2.53. The molecule has 8 nitrogen and oxygen atoms in total. The SMILES string of the molecule is O=C(Cl)OCOC(=O)CCC(=O)OCOC(=O)Cl. The number of hydrogen-bond acceptors (Lipinski definition) is 8. The Kier molecular flexibility index (Phi) is 8.67. The lowest BCUT2D eigenvalue weighted by molar-refractivity contribution is -0.158. The van der Waals surface area contributed by atoms with E-state index in [0.717, 1.165) is 0 Å². The molecule has 0 rings (SSSR count). The molecule has 0 aliphatic carbocycles. The van der Waals surface area contributed by atoms with Crippen molar-refractivity contribution in [2.24, 2.45) is 0 Å². The molecule has 0 aromatic rings. The van der Waals surface area contributed by atoms with Crippen LogP contribution in [-0.4, -0.2) is 36.4 Å². The van der Waals surface area contributed by atoms with Gasteiger partial charge >= 0.3 is 22.8 Å². The van der Waals surface area contributed by atoms with E-state index in [-0.39, 0.29) is 12.8 Å². The van der Waals surface area contributed by atoms with Crippen molar-refractivity contribution in [1.82, 2.24) is 0 Å². The van der Waals surface area contributed by atoms with Crippen LogP contribution in [0.25, 0.3) is 0 Å². The summed E-state index contributed by atoms with van der Waals surface area (Å²) in [7, 11) is 0. The number of ether oxygens (including phenoxy) is 4. The Hall–Kier alpha value is -1.54. The summed E-state index contributed by atoms with van der Waals surface area (Å²) in [6.45, 7) is -1.28. The summed E-state index contributed by atoms with van der Waals surface area (Å²) >= 11 is 9.59. The predicted octanol–water partition coefficient (Wildman–Crippen LogP) is 1.52. The van der Waals surface area contributed by atoms with E-state index >= 15 is 0 Å². The molecule has 0 aromatic carbocycles. The van der Waals surface area contributed by atoms with Gasteiger partial charge in [-0.25, -0.2) is 9.59 Å². The molecule has 0 heterocycles. The fourth-order valence-electron chi connectivity index (χ4n) is 0.631. The quantitative estimate of drug-likeness (QED) is 0.396. The van der Waals surface area contributed by atoms with Crippen LogP contribution in [0.4, 0.5) is 9.59 Å². The number of halogens is 2. The van der Waals surface area contributed by atoms with E-state index in [9.17, 15) is 19.2 Å². The minimum atomic E-state index is -1.12. The Labute approximate surface area is 111 Å². The van der Waals surface area contributed by atoms with Crippen molar-refractivity contribution < 1.29 is 38.1 Å². The second kappa shape index (κ2) is 9.49. The topological polar surface area (TPSA) is 105 Å². The fraction of sp³-hybridized carbons (Fsp3) is 0.500. The van der Waals surface area contributed by atoms with Gasteiger partial charge in [0.1, 0.15) is 0 Å². The average molecular weight is 303 g/mol. The van der Waals surface area contributed by atoms with Crippen LogP contribution in [0.5, 0.6) is 0 Å². The van der Waals surface area contributed by atoms with E-state index in [1.165, 1.54) is 0 Å². The van der Waals surface area contributed by atoms with Gasteiger partial charge in [0.15, 0.2) is 0 Å². The van der Waals surface area contributed by atoms with Gasteiger partial charge in [0.25, 0.3) is 0 Å². The summed E-state index contributed by atoms with van der Waals surface area (Å²) in [6.07, 6.45) is -0.596. The lowest BCUT2D eigenvalue weighted by atomic mass is 10.3. The van der Waals surface area contributed by atoms with Crippen LogP contribution >= 0.6 is 23.2 Å². The molecular weight excluding hydrogens is 295 g/mol. The molecule has 18 heavy (non-hydrogen) atoms. The first-order chi connectivity index (χ1) is 8.41. The van der Waals surface area contributed by atoms with Crippen molar-refractivity contribution in [1.29, 1.82) is 0 Å². The average Bonchev–Trinajstić information content (AvgIpc) is 2.25. The summed E-state index contributed by atoms with van der Waals surface area (Å²) in [4.78, 5) is 42.1. The highest BCUT2D eigenvalue weighted by atomic mass is 35.5. The van der Waals surface area contributed by atoms with Crippen LogP contribution in [0, 0.1) is 0 Å². The number of hydrogen-bond donors (Lipinski definition) is 0. The molecule has 0 saturated carbocycles. The van der Waals surface area contributed by atoms with Crippen LogP contribution in [0.1, 0.15) is 12.8 Å². The van der Waals surface area contributed by atoms with Crippen LogP contribution in [0.2, 0.25) is 0 Å². The third-order valence-corrected chi connectivity index (χ3v) is 1.54. The van der Waals surface area contributed by atoms with E-state index in [0.29, 0.717) is 0 Å². The maximum atomic E-state index is 10.9. The highest BCUT2D eigenvalue weighted by Crippen LogP contribution is 1.98. The Morgan fingerprint density at radius 1 is 0.667 bits per heavy atom. The van der Waals surface area contributed by atoms with Crippen molar-refractivity contribution in [2.45, 2.75) is 12.8 Å². The molecule has 0 aliphatic heterocycles. The molecule has 0 unspecified atom stereocenters. The Balaban J connectivity index is 3.56. The van der Waals surface area contributed by atoms with Crippen LogP contribution in [0.3, 0.4) is 0 Å². The normalized spacial score (nSPS) is 9.22. The van der Waals surface area contributed by atoms with Gasteiger partial charge in [-0.1, -0.05) is 0 Å². The largest absolute Gasteiger partial charge is 0.428 e. The molecule has 0 radical (unpaired) electrons. The van der Waals surface area contributed by atoms with Crippen molar-refractivity contribution in [3.63, 3.8) is 0 Å². The van der Waals surface area contributed by atoms with Gasteiger partial charge in [0.05, 0.1) is 12.8 Å². The lowest BCUT2D eigenvalue weighted by Gasteiger charge is -2.04. The third kappa shape index (κ3) is 11.0. The molecular formula is C8H8Cl2O8. The molecule has 0 amide bonds. The number of carbonyl (C=O) groups is 4. The minimum Gasteiger partial charge on any atom is -0.428 e. The van der Waals surface area contributed by atoms with Gasteiger partial charge in [-0.3, -0.25) is 9.59 Å². The first-order valence-electron chi connectivity index (χ1n) is 4.37. The van der Waals surface area contributed by atoms with E-state index in [1.807, 2.05) is 0 Å². The predicted molar refractivity (Wildman–Crippen MR) is 55.8 cm³/mol. The zero-order valence-electron chi connectivity index (χ0n) is 8.85. The van der Waals surface area contributed by atoms with E-state index in [1.54, 1.807) is 0 Å². The van der Waals surface area contributed by atoms with Gasteiger partial charge in [0.2, 0.25) is 13.6 Å². The fourth-order valence-corrected chi connectivity index (χ4v) is 0.721. The molecule has 0 aliphatic rings. The summed E-state index contributed by atoms with van der Waals surface area (Å²) in [5, 5.41) is 0. The van der Waals surface area contributed by atoms with Gasteiger partial charge in [-0.15, -0.1) is 0 Å². The van der Waals surface area contributed by atoms with Crippen molar-refractivity contribution in [3.05, 3.63) is 0 Å². The molecule has 0 bridgehead atoms. The van der Waals surface area contributed by atoms with Crippen LogP contribution in [-0.2, 0) is 28.5 Å². The summed E-state index contributed by atoms with van der Waals surface area (Å²) in [5.74, 6) is -1.58. The molecule has 102 valence electrons. The van der Waals surface area contributed by atoms with E-state index in [4.69, 9.17) is 23.2 Å². The van der Waals surface area contributed by atoms with Gasteiger partial charge in [-0.05, 0) is 0 Å². The van der Waals surface area contributed by atoms with E-state index < -0.39 is 36.4 Å². The minimum absolute atomic E-state index is 0.298. The second-order valence-corrected chi connectivity index (χ2v) is 3.15. The van der Waals surface area contributed by atoms with Gasteiger partial charge in [0, 0.05) is 23.2 Å². The zero-order chi connectivity index (χ0) is 14.0. The Bertz CT molecular complexity index is 297. The molecule has 0 saturated heterocycles. The smallest absolute Gasteiger partial charge is 0.406 e. The Morgan fingerprint density at radius 2 is 1.00 bits per heavy atom. The van der Waals surface area contributed by atoms with Gasteiger partial charge < -0.3 is 18.9 Å². The maximum absolute atomic E-state index is 10.9. The van der Waals surface area contributed by atoms with Crippen molar-refractivity contribution in [2.75, 3.05) is 13.6 Å². The zero-order valence-corrected chi connectivity index (χ0v) is 10.4. The van der Waals surface area contributed by atoms with Crippen LogP contribution in [0.15, 0.2) is 0 Å². The van der Waals surface area contributed by atoms with Crippen molar-refractivity contribution >= 4 is 46.0 Å². The standard InChI is InChI=1S/C8H8Cl2O8/c9-7(13)17-3-15-5(11)1-2-6(12)16-4-18-8(10)14/h1-4H2.